The minimum atomic E-state index is -0.0118. The van der Waals surface area contributed by atoms with Gasteiger partial charge in [-0.3, -0.25) is 19.5 Å². The molecule has 0 unspecified atom stereocenters. The molecule has 1 aromatic heterocycles. The van der Waals surface area contributed by atoms with Crippen LogP contribution in [-0.2, 0) is 9.59 Å². The highest BCUT2D eigenvalue weighted by Crippen LogP contribution is 2.42. The fourth-order valence-corrected chi connectivity index (χ4v) is 4.21. The topological polar surface area (TPSA) is 92.6 Å². The van der Waals surface area contributed by atoms with Gasteiger partial charge in [0, 0.05) is 57.1 Å². The van der Waals surface area contributed by atoms with Gasteiger partial charge in [-0.1, -0.05) is 0 Å². The molecule has 4 rings (SSSR count). The number of carbonyl (C=O) groups excluding carboxylic acids is 2. The molecule has 1 spiro atoms. The maximum atomic E-state index is 12.6. The average molecular weight is 354 g/mol. The Labute approximate surface area is 152 Å². The van der Waals surface area contributed by atoms with E-state index in [4.69, 9.17) is 0 Å². The van der Waals surface area contributed by atoms with E-state index in [9.17, 15) is 14.9 Å². The number of aromatic nitrogens is 1. The zero-order valence-electron chi connectivity index (χ0n) is 14.6. The van der Waals surface area contributed by atoms with Gasteiger partial charge in [0.25, 0.3) is 0 Å². The molecule has 8 heteroatoms. The summed E-state index contributed by atoms with van der Waals surface area (Å²) < 4.78 is 0. The average Bonchev–Trinajstić information content (AvgIpc) is 3.06. The van der Waals surface area contributed by atoms with Crippen LogP contribution < -0.4 is 10.2 Å². The van der Waals surface area contributed by atoms with Crippen LogP contribution in [-0.4, -0.2) is 79.0 Å². The van der Waals surface area contributed by atoms with Crippen molar-refractivity contribution in [1.82, 2.24) is 20.1 Å². The van der Waals surface area contributed by atoms with E-state index in [0.29, 0.717) is 25.2 Å². The van der Waals surface area contributed by atoms with Crippen LogP contribution in [0.4, 0.5) is 5.69 Å². The van der Waals surface area contributed by atoms with Gasteiger partial charge in [0.1, 0.15) is 6.07 Å². The number of anilines is 1. The van der Waals surface area contributed by atoms with Gasteiger partial charge in [-0.05, 0) is 12.5 Å². The standard InChI is InChI=1S/C18H22N6O2/c19-7-14-8-20-3-1-15(14)24-12-18(13-24)2-5-23(11-18)17(26)10-22-6-4-21-16(25)9-22/h1,3,8H,2,4-6,9-13H2,(H,21,25). The number of hydrogen-bond donors (Lipinski definition) is 1. The van der Waals surface area contributed by atoms with Crippen molar-refractivity contribution in [3.63, 3.8) is 0 Å². The van der Waals surface area contributed by atoms with Crippen molar-refractivity contribution >= 4 is 17.5 Å². The lowest BCUT2D eigenvalue weighted by Gasteiger charge is -2.49. The Kier molecular flexibility index (Phi) is 4.24. The Bertz CT molecular complexity index is 767. The van der Waals surface area contributed by atoms with Crippen LogP contribution in [0.3, 0.4) is 0 Å². The first-order valence-electron chi connectivity index (χ1n) is 8.94. The minimum absolute atomic E-state index is 0.0118. The van der Waals surface area contributed by atoms with Crippen molar-refractivity contribution < 1.29 is 9.59 Å². The monoisotopic (exact) mass is 354 g/mol. The second-order valence-electron chi connectivity index (χ2n) is 7.49. The van der Waals surface area contributed by atoms with Gasteiger partial charge in [0.2, 0.25) is 11.8 Å². The molecular formula is C18H22N6O2. The molecule has 2 amide bonds. The molecule has 3 aliphatic rings. The number of pyridine rings is 1. The molecule has 0 atom stereocenters. The molecule has 136 valence electrons. The zero-order valence-corrected chi connectivity index (χ0v) is 14.6. The molecule has 3 saturated heterocycles. The minimum Gasteiger partial charge on any atom is -0.369 e. The molecule has 3 aliphatic heterocycles. The van der Waals surface area contributed by atoms with Crippen LogP contribution in [0.1, 0.15) is 12.0 Å². The third-order valence-electron chi connectivity index (χ3n) is 5.58. The van der Waals surface area contributed by atoms with Crippen LogP contribution in [0.5, 0.6) is 0 Å². The van der Waals surface area contributed by atoms with Crippen LogP contribution in [0.25, 0.3) is 0 Å². The van der Waals surface area contributed by atoms with E-state index in [1.165, 1.54) is 0 Å². The smallest absolute Gasteiger partial charge is 0.236 e. The number of carbonyl (C=O) groups is 2. The number of piperazine rings is 1. The molecule has 1 N–H and O–H groups in total. The van der Waals surface area contributed by atoms with E-state index in [2.05, 4.69) is 21.3 Å². The van der Waals surface area contributed by atoms with Crippen LogP contribution in [0.15, 0.2) is 18.5 Å². The Morgan fingerprint density at radius 2 is 2.19 bits per heavy atom. The molecule has 3 fully saturated rings. The number of nitrogens with zero attached hydrogens (tertiary/aromatic N) is 5. The third kappa shape index (κ3) is 3.10. The normalized spacial score (nSPS) is 22.0. The van der Waals surface area contributed by atoms with Crippen molar-refractivity contribution in [1.29, 1.82) is 5.26 Å². The first-order chi connectivity index (χ1) is 12.6. The molecular weight excluding hydrogens is 332 g/mol. The molecule has 0 saturated carbocycles. The number of nitriles is 1. The second kappa shape index (κ2) is 6.57. The molecule has 1 aromatic rings. The fraction of sp³-hybridized carbons (Fsp3) is 0.556. The van der Waals surface area contributed by atoms with Gasteiger partial charge in [0.05, 0.1) is 24.3 Å². The maximum absolute atomic E-state index is 12.6. The number of rotatable bonds is 3. The molecule has 0 bridgehead atoms. The molecule has 0 aromatic carbocycles. The lowest BCUT2D eigenvalue weighted by Crippen LogP contribution is -2.58. The van der Waals surface area contributed by atoms with E-state index < -0.39 is 0 Å². The summed E-state index contributed by atoms with van der Waals surface area (Å²) in [5, 5.41) is 12.0. The van der Waals surface area contributed by atoms with Gasteiger partial charge < -0.3 is 15.1 Å². The SMILES string of the molecule is N#Cc1cnccc1N1CC2(CCN(C(=O)CN3CCNC(=O)C3)C2)C1. The molecule has 0 radical (unpaired) electrons. The predicted molar refractivity (Wildman–Crippen MR) is 94.2 cm³/mol. The Morgan fingerprint density at radius 1 is 1.35 bits per heavy atom. The third-order valence-corrected chi connectivity index (χ3v) is 5.58. The van der Waals surface area contributed by atoms with Gasteiger partial charge in [0.15, 0.2) is 0 Å². The van der Waals surface area contributed by atoms with E-state index in [1.807, 2.05) is 15.9 Å². The Hall–Kier alpha value is -2.66. The maximum Gasteiger partial charge on any atom is 0.236 e. The molecule has 8 nitrogen and oxygen atoms in total. The lowest BCUT2D eigenvalue weighted by molar-refractivity contribution is -0.133. The highest BCUT2D eigenvalue weighted by molar-refractivity contribution is 5.82. The summed E-state index contributed by atoms with van der Waals surface area (Å²) in [5.41, 5.74) is 1.65. The lowest BCUT2D eigenvalue weighted by atomic mass is 9.78. The van der Waals surface area contributed by atoms with Crippen molar-refractivity contribution in [2.45, 2.75) is 6.42 Å². The predicted octanol–water partition coefficient (Wildman–Crippen LogP) is -0.576. The summed E-state index contributed by atoms with van der Waals surface area (Å²) in [6, 6.07) is 4.07. The van der Waals surface area contributed by atoms with E-state index in [-0.39, 0.29) is 17.2 Å². The highest BCUT2D eigenvalue weighted by Gasteiger charge is 2.49. The summed E-state index contributed by atoms with van der Waals surface area (Å²) in [5.74, 6) is 0.0962. The number of nitrogens with one attached hydrogen (secondary N) is 1. The van der Waals surface area contributed by atoms with E-state index in [0.717, 1.165) is 44.8 Å². The van der Waals surface area contributed by atoms with Gasteiger partial charge in [-0.15, -0.1) is 0 Å². The fourth-order valence-electron chi connectivity index (χ4n) is 4.21. The zero-order chi connectivity index (χ0) is 18.1. The first-order valence-corrected chi connectivity index (χ1v) is 8.94. The quantitative estimate of drug-likeness (QED) is 0.781. The van der Waals surface area contributed by atoms with Gasteiger partial charge in [-0.2, -0.15) is 5.26 Å². The van der Waals surface area contributed by atoms with Gasteiger partial charge in [-0.25, -0.2) is 0 Å². The largest absolute Gasteiger partial charge is 0.369 e. The first kappa shape index (κ1) is 16.8. The van der Waals surface area contributed by atoms with Gasteiger partial charge >= 0.3 is 0 Å². The van der Waals surface area contributed by atoms with Crippen molar-refractivity contribution in [3.8, 4) is 6.07 Å². The summed E-state index contributed by atoms with van der Waals surface area (Å²) in [4.78, 5) is 34.1. The highest BCUT2D eigenvalue weighted by atomic mass is 16.2. The number of hydrogen-bond acceptors (Lipinski definition) is 6. The van der Waals surface area contributed by atoms with Crippen LogP contribution in [0, 0.1) is 16.7 Å². The number of amides is 2. The Balaban J connectivity index is 1.32. The summed E-state index contributed by atoms with van der Waals surface area (Å²) >= 11 is 0. The van der Waals surface area contributed by atoms with Crippen LogP contribution in [0.2, 0.25) is 0 Å². The number of likely N-dealkylation sites (tertiary alicyclic amines) is 1. The molecule has 0 aliphatic carbocycles. The molecule has 4 heterocycles. The van der Waals surface area contributed by atoms with Crippen molar-refractivity contribution in [3.05, 3.63) is 24.0 Å². The summed E-state index contributed by atoms with van der Waals surface area (Å²) in [6.07, 6.45) is 4.29. The van der Waals surface area contributed by atoms with Crippen molar-refractivity contribution in [2.24, 2.45) is 5.41 Å². The summed E-state index contributed by atoms with van der Waals surface area (Å²) in [6.45, 7) is 5.21. The van der Waals surface area contributed by atoms with E-state index in [1.54, 1.807) is 12.4 Å². The Morgan fingerprint density at radius 3 is 2.96 bits per heavy atom. The van der Waals surface area contributed by atoms with Crippen LogP contribution >= 0.6 is 0 Å². The summed E-state index contributed by atoms with van der Waals surface area (Å²) in [7, 11) is 0. The van der Waals surface area contributed by atoms with Crippen molar-refractivity contribution in [2.75, 3.05) is 57.3 Å². The van der Waals surface area contributed by atoms with E-state index >= 15 is 0 Å². The second-order valence-corrected chi connectivity index (χ2v) is 7.49. The molecule has 26 heavy (non-hydrogen) atoms.